The predicted molar refractivity (Wildman–Crippen MR) is 104 cm³/mol. The van der Waals surface area contributed by atoms with Crippen molar-refractivity contribution in [1.82, 2.24) is 15.0 Å². The van der Waals surface area contributed by atoms with Gasteiger partial charge >= 0.3 is 22.1 Å². The number of nitrogens with one attached hydrogen (secondary N) is 1. The molecule has 1 saturated carbocycles. The minimum atomic E-state index is -0.354. The minimum absolute atomic E-state index is 0. The van der Waals surface area contributed by atoms with E-state index >= 15 is 0 Å². The number of hydrogen-bond acceptors (Lipinski definition) is 8. The van der Waals surface area contributed by atoms with Gasteiger partial charge in [0.05, 0.1) is 6.04 Å². The molecule has 9 nitrogen and oxygen atoms in total. The molecule has 3 atom stereocenters. The zero-order chi connectivity index (χ0) is 19.9. The third-order valence-electron chi connectivity index (χ3n) is 5.12. The first-order valence-corrected chi connectivity index (χ1v) is 10.1. The molecule has 156 valence electrons. The average molecular weight is 574 g/mol. The van der Waals surface area contributed by atoms with Gasteiger partial charge in [0.15, 0.2) is 5.78 Å². The fourth-order valence-electron chi connectivity index (χ4n) is 3.73. The van der Waals surface area contributed by atoms with Crippen molar-refractivity contribution in [2.24, 2.45) is 10.9 Å². The molecule has 29 heavy (non-hydrogen) atoms. The number of fused-ring (bicyclic) bond motifs is 1. The van der Waals surface area contributed by atoms with Crippen LogP contribution in [0.25, 0.3) is 6.15 Å². The Labute approximate surface area is 179 Å². The Morgan fingerprint density at radius 2 is 2.07 bits per heavy atom. The quantitative estimate of drug-likeness (QED) is 0.522. The number of aromatic nitrogens is 3. The molecule has 1 heterocycles. The zero-order valence-electron chi connectivity index (χ0n) is 15.7. The maximum absolute atomic E-state index is 12.0. The molecule has 2 unspecified atom stereocenters. The number of carbonyl (C=O) groups is 1. The molecule has 10 heteroatoms. The summed E-state index contributed by atoms with van der Waals surface area (Å²) in [4.78, 5) is 28.9. The molecule has 2 aliphatic carbocycles. The van der Waals surface area contributed by atoms with E-state index in [1.54, 1.807) is 0 Å². The molecule has 0 amide bonds. The van der Waals surface area contributed by atoms with E-state index in [0.29, 0.717) is 43.3 Å². The summed E-state index contributed by atoms with van der Waals surface area (Å²) < 4.78 is 8.28. The van der Waals surface area contributed by atoms with E-state index in [1.165, 1.54) is 17.5 Å². The molecule has 1 fully saturated rings. The summed E-state index contributed by atoms with van der Waals surface area (Å²) in [7, 11) is 0. The van der Waals surface area contributed by atoms with Gasteiger partial charge in [-0.2, -0.15) is 9.97 Å². The molecule has 4 N–H and O–H groups in total. The van der Waals surface area contributed by atoms with E-state index < -0.39 is 0 Å². The number of rotatable bonds is 5. The number of nitrogens with two attached hydrogens (primary N) is 1. The number of benzene rings is 1. The van der Waals surface area contributed by atoms with Crippen LogP contribution in [0.4, 0.5) is 11.9 Å². The molecule has 0 saturated heterocycles. The number of nitrogens with zero attached hydrogens (tertiary/aromatic N) is 4. The number of anilines is 1. The van der Waals surface area contributed by atoms with Crippen LogP contribution in [0.3, 0.4) is 0 Å². The van der Waals surface area contributed by atoms with E-state index in [-0.39, 0.29) is 36.4 Å². The Bertz CT molecular complexity index is 865. The standard InChI is InChI=1S/C19H21N5O2.H2N.O.Os/c25-10-12-7-16(17(26)8-12)23-19-22-11-21-18(24-19)20-9-14-6-5-13-3-1-2-4-15(13)14;;;/h1-4,9,11-12,14,16,25H,5-8,10H2,(H,21,22,23,24);1H2;;/q;-1;;/t12-,14?,16?;;;/m0.../s1. The second kappa shape index (κ2) is 11.1. The van der Waals surface area contributed by atoms with Gasteiger partial charge in [0, 0.05) is 25.2 Å². The van der Waals surface area contributed by atoms with Gasteiger partial charge in [0.2, 0.25) is 5.95 Å². The molecule has 1 aromatic heterocycles. The SMILES string of the molecule is O=C1C[C@@H](CO)CC1Nc1ncnc(N=CC2CCc3ccccc32)n1.[NH2-].[O]=[Os]. The molecular formula is C19H23N6O3Os-. The number of aryl methyl sites for hydroxylation is 1. The Hall–Kier alpha value is -2.27. The van der Waals surface area contributed by atoms with Crippen molar-refractivity contribution in [2.75, 3.05) is 11.9 Å². The van der Waals surface area contributed by atoms with Crippen LogP contribution < -0.4 is 5.32 Å². The third-order valence-corrected chi connectivity index (χ3v) is 5.12. The van der Waals surface area contributed by atoms with Gasteiger partial charge in [-0.3, -0.25) is 4.79 Å². The molecule has 2 aromatic rings. The average Bonchev–Trinajstić information content (AvgIpc) is 3.31. The van der Waals surface area contributed by atoms with E-state index in [2.05, 4.69) is 43.5 Å². The summed E-state index contributed by atoms with van der Waals surface area (Å²) >= 11 is 0.611. The molecule has 1 aromatic carbocycles. The van der Waals surface area contributed by atoms with Gasteiger partial charge < -0.3 is 16.6 Å². The van der Waals surface area contributed by atoms with Crippen LogP contribution in [0.5, 0.6) is 0 Å². The van der Waals surface area contributed by atoms with Gasteiger partial charge in [0.1, 0.15) is 6.33 Å². The van der Waals surface area contributed by atoms with Gasteiger partial charge in [-0.25, -0.2) is 9.98 Å². The number of hydrogen-bond donors (Lipinski definition) is 2. The molecule has 4 rings (SSSR count). The number of Topliss-reactive ketones (excluding diaryl/α,β-unsaturated/α-hetero) is 1. The van der Waals surface area contributed by atoms with Crippen molar-refractivity contribution in [3.05, 3.63) is 47.9 Å². The predicted octanol–water partition coefficient (Wildman–Crippen LogP) is 2.65. The summed E-state index contributed by atoms with van der Waals surface area (Å²) in [5.74, 6) is 1.05. The number of ketones is 1. The fourth-order valence-corrected chi connectivity index (χ4v) is 3.73. The van der Waals surface area contributed by atoms with Crippen molar-refractivity contribution < 1.29 is 32.0 Å². The normalized spacial score (nSPS) is 22.6. The first kappa shape index (κ1) is 23.0. The first-order valence-electron chi connectivity index (χ1n) is 9.08. The van der Waals surface area contributed by atoms with Gasteiger partial charge in [0.25, 0.3) is 5.95 Å². The monoisotopic (exact) mass is 575 g/mol. The number of aliphatic hydroxyl groups excluding tert-OH is 1. The van der Waals surface area contributed by atoms with Crippen molar-refractivity contribution in [3.8, 4) is 0 Å². The van der Waals surface area contributed by atoms with Gasteiger partial charge in [-0.1, -0.05) is 24.3 Å². The number of aliphatic hydroxyl groups is 1. The van der Waals surface area contributed by atoms with E-state index in [4.69, 9.17) is 3.54 Å². The molecule has 0 spiro atoms. The molecule has 0 aliphatic heterocycles. The van der Waals surface area contributed by atoms with Crippen molar-refractivity contribution in [3.63, 3.8) is 0 Å². The van der Waals surface area contributed by atoms with Crippen LogP contribution in [0.1, 0.15) is 36.3 Å². The van der Waals surface area contributed by atoms with Crippen LogP contribution in [0.2, 0.25) is 0 Å². The van der Waals surface area contributed by atoms with Crippen LogP contribution in [0, 0.1) is 5.92 Å². The third kappa shape index (κ3) is 5.63. The first-order chi connectivity index (χ1) is 13.7. The fraction of sp³-hybridized carbons (Fsp3) is 0.421. The van der Waals surface area contributed by atoms with Gasteiger partial charge in [-0.15, -0.1) is 0 Å². The summed E-state index contributed by atoms with van der Waals surface area (Å²) in [5, 5.41) is 12.3. The topological polar surface area (TPSA) is 151 Å². The summed E-state index contributed by atoms with van der Waals surface area (Å²) in [6, 6.07) is 8.06. The Morgan fingerprint density at radius 1 is 1.28 bits per heavy atom. The van der Waals surface area contributed by atoms with Crippen LogP contribution in [-0.4, -0.2) is 44.7 Å². The summed E-state index contributed by atoms with van der Waals surface area (Å²) in [5.41, 5.74) is 2.69. The van der Waals surface area contributed by atoms with Crippen molar-refractivity contribution in [1.29, 1.82) is 0 Å². The van der Waals surface area contributed by atoms with E-state index in [9.17, 15) is 9.90 Å². The molecule has 0 radical (unpaired) electrons. The molecule has 0 bridgehead atoms. The maximum atomic E-state index is 12.0. The second-order valence-electron chi connectivity index (χ2n) is 6.88. The Balaban J connectivity index is 0.000000970. The Kier molecular flexibility index (Phi) is 8.77. The zero-order valence-corrected chi connectivity index (χ0v) is 18.3. The number of carbonyl (C=O) groups excluding carboxylic acids is 1. The van der Waals surface area contributed by atoms with E-state index in [0.717, 1.165) is 12.8 Å². The van der Waals surface area contributed by atoms with Crippen molar-refractivity contribution in [2.45, 2.75) is 37.6 Å². The molecule has 2 aliphatic rings. The molecular weight excluding hydrogens is 550 g/mol. The van der Waals surface area contributed by atoms with E-state index in [1.807, 2.05) is 12.3 Å². The summed E-state index contributed by atoms with van der Waals surface area (Å²) in [6.07, 6.45) is 6.38. The van der Waals surface area contributed by atoms with Crippen LogP contribution >= 0.6 is 0 Å². The number of aliphatic imine (C=N–C) groups is 1. The van der Waals surface area contributed by atoms with Crippen molar-refractivity contribution >= 4 is 23.9 Å². The van der Waals surface area contributed by atoms with Crippen LogP contribution in [-0.2, 0) is 33.3 Å². The van der Waals surface area contributed by atoms with Gasteiger partial charge in [-0.05, 0) is 36.3 Å². The van der Waals surface area contributed by atoms with Crippen LogP contribution in [0.15, 0.2) is 35.6 Å². The second-order valence-corrected chi connectivity index (χ2v) is 6.88. The Morgan fingerprint density at radius 3 is 2.83 bits per heavy atom. The summed E-state index contributed by atoms with van der Waals surface area (Å²) in [6.45, 7) is 0.0273.